The molecule has 1 heterocycles. The standard InChI is InChI=1S/C14H8Cl3NS/c1-7-18-12-4-8(2-3-13(12)19-7)14-10(16)5-9(15)6-11(14)17/h2-6H,1H3. The first-order chi connectivity index (χ1) is 9.04. The number of benzene rings is 2. The third-order valence-corrected chi connectivity index (χ3v) is 4.56. The van der Waals surface area contributed by atoms with E-state index in [1.54, 1.807) is 23.5 Å². The van der Waals surface area contributed by atoms with E-state index in [0.29, 0.717) is 15.1 Å². The van der Waals surface area contributed by atoms with E-state index in [4.69, 9.17) is 34.8 Å². The van der Waals surface area contributed by atoms with Crippen molar-refractivity contribution < 1.29 is 0 Å². The molecule has 3 rings (SSSR count). The highest BCUT2D eigenvalue weighted by Gasteiger charge is 2.11. The topological polar surface area (TPSA) is 12.9 Å². The first-order valence-electron chi connectivity index (χ1n) is 5.57. The minimum Gasteiger partial charge on any atom is -0.241 e. The average molecular weight is 329 g/mol. The Balaban J connectivity index is 2.24. The van der Waals surface area contributed by atoms with E-state index in [1.807, 2.05) is 25.1 Å². The summed E-state index contributed by atoms with van der Waals surface area (Å²) >= 11 is 20.1. The van der Waals surface area contributed by atoms with E-state index in [2.05, 4.69) is 4.98 Å². The second-order valence-corrected chi connectivity index (χ2v) is 6.65. The molecule has 19 heavy (non-hydrogen) atoms. The summed E-state index contributed by atoms with van der Waals surface area (Å²) in [5, 5.41) is 2.66. The van der Waals surface area contributed by atoms with Gasteiger partial charge in [-0.1, -0.05) is 40.9 Å². The quantitative estimate of drug-likeness (QED) is 0.516. The van der Waals surface area contributed by atoms with Crippen molar-refractivity contribution in [3.05, 3.63) is 50.4 Å². The summed E-state index contributed by atoms with van der Waals surface area (Å²) in [6.07, 6.45) is 0. The first kappa shape index (κ1) is 13.2. The Labute approximate surface area is 129 Å². The normalized spacial score (nSPS) is 11.2. The van der Waals surface area contributed by atoms with Crippen molar-refractivity contribution in [3.63, 3.8) is 0 Å². The SMILES string of the molecule is Cc1nc2cc(-c3c(Cl)cc(Cl)cc3Cl)ccc2s1. The summed E-state index contributed by atoms with van der Waals surface area (Å²) in [6, 6.07) is 9.43. The van der Waals surface area contributed by atoms with Crippen LogP contribution in [0, 0.1) is 6.92 Å². The number of aromatic nitrogens is 1. The lowest BCUT2D eigenvalue weighted by molar-refractivity contribution is 1.35. The third-order valence-electron chi connectivity index (χ3n) is 2.79. The molecule has 0 radical (unpaired) electrons. The maximum absolute atomic E-state index is 6.24. The number of hydrogen-bond acceptors (Lipinski definition) is 2. The van der Waals surface area contributed by atoms with E-state index in [-0.39, 0.29) is 0 Å². The maximum Gasteiger partial charge on any atom is 0.0907 e. The Morgan fingerprint density at radius 2 is 1.68 bits per heavy atom. The first-order valence-corrected chi connectivity index (χ1v) is 7.52. The summed E-state index contributed by atoms with van der Waals surface area (Å²) in [5.41, 5.74) is 2.70. The molecule has 0 saturated carbocycles. The molecule has 3 aromatic rings. The second-order valence-electron chi connectivity index (χ2n) is 4.16. The van der Waals surface area contributed by atoms with E-state index in [9.17, 15) is 0 Å². The lowest BCUT2D eigenvalue weighted by atomic mass is 10.1. The minimum atomic E-state index is 0.532. The largest absolute Gasteiger partial charge is 0.241 e. The molecule has 1 aromatic heterocycles. The van der Waals surface area contributed by atoms with Crippen molar-refractivity contribution in [2.24, 2.45) is 0 Å². The number of fused-ring (bicyclic) bond motifs is 1. The van der Waals surface area contributed by atoms with Crippen molar-refractivity contribution in [2.45, 2.75) is 6.92 Å². The van der Waals surface area contributed by atoms with Gasteiger partial charge in [0.2, 0.25) is 0 Å². The van der Waals surface area contributed by atoms with Crippen LogP contribution < -0.4 is 0 Å². The Morgan fingerprint density at radius 1 is 1.00 bits per heavy atom. The van der Waals surface area contributed by atoms with Gasteiger partial charge in [0.25, 0.3) is 0 Å². The van der Waals surface area contributed by atoms with Crippen LogP contribution in [-0.2, 0) is 0 Å². The summed E-state index contributed by atoms with van der Waals surface area (Å²) in [6.45, 7) is 1.99. The fourth-order valence-corrected chi connectivity index (χ4v) is 3.86. The Bertz CT molecular complexity index is 756. The van der Waals surface area contributed by atoms with Crippen LogP contribution in [0.5, 0.6) is 0 Å². The van der Waals surface area contributed by atoms with Gasteiger partial charge >= 0.3 is 0 Å². The molecular weight excluding hydrogens is 321 g/mol. The molecule has 0 atom stereocenters. The molecule has 0 N–H and O–H groups in total. The summed E-state index contributed by atoms with van der Waals surface area (Å²) in [7, 11) is 0. The average Bonchev–Trinajstić information content (AvgIpc) is 2.67. The number of hydrogen-bond donors (Lipinski definition) is 0. The minimum absolute atomic E-state index is 0.532. The van der Waals surface area contributed by atoms with Crippen LogP contribution in [0.25, 0.3) is 21.3 Å². The number of thiazole rings is 1. The van der Waals surface area contributed by atoms with Crippen molar-refractivity contribution >= 4 is 56.4 Å². The molecule has 0 saturated heterocycles. The fourth-order valence-electron chi connectivity index (χ4n) is 2.02. The Morgan fingerprint density at radius 3 is 2.37 bits per heavy atom. The molecule has 0 bridgehead atoms. The Hall–Kier alpha value is -0.800. The molecule has 0 fully saturated rings. The summed E-state index contributed by atoms with van der Waals surface area (Å²) in [4.78, 5) is 4.48. The van der Waals surface area contributed by atoms with Gasteiger partial charge < -0.3 is 0 Å². The third kappa shape index (κ3) is 2.46. The number of halogens is 3. The van der Waals surface area contributed by atoms with E-state index in [0.717, 1.165) is 26.4 Å². The van der Waals surface area contributed by atoms with Gasteiger partial charge in [0.15, 0.2) is 0 Å². The van der Waals surface area contributed by atoms with Crippen LogP contribution in [-0.4, -0.2) is 4.98 Å². The van der Waals surface area contributed by atoms with E-state index >= 15 is 0 Å². The van der Waals surface area contributed by atoms with Crippen LogP contribution in [0.1, 0.15) is 5.01 Å². The monoisotopic (exact) mass is 327 g/mol. The molecule has 2 aromatic carbocycles. The zero-order valence-electron chi connectivity index (χ0n) is 9.88. The number of rotatable bonds is 1. The highest BCUT2D eigenvalue weighted by atomic mass is 35.5. The van der Waals surface area contributed by atoms with Gasteiger partial charge in [-0.3, -0.25) is 0 Å². The van der Waals surface area contributed by atoms with Gasteiger partial charge in [0.1, 0.15) is 0 Å². The molecule has 0 aliphatic rings. The van der Waals surface area contributed by atoms with Crippen molar-refractivity contribution in [3.8, 4) is 11.1 Å². The molecule has 0 aliphatic heterocycles. The zero-order chi connectivity index (χ0) is 13.6. The smallest absolute Gasteiger partial charge is 0.0907 e. The van der Waals surface area contributed by atoms with Gasteiger partial charge in [-0.15, -0.1) is 11.3 Å². The van der Waals surface area contributed by atoms with Crippen LogP contribution in [0.2, 0.25) is 15.1 Å². The highest BCUT2D eigenvalue weighted by molar-refractivity contribution is 7.18. The van der Waals surface area contributed by atoms with Crippen molar-refractivity contribution in [1.29, 1.82) is 0 Å². The molecule has 0 aliphatic carbocycles. The van der Waals surface area contributed by atoms with Crippen LogP contribution in [0.4, 0.5) is 0 Å². The van der Waals surface area contributed by atoms with Crippen molar-refractivity contribution in [2.75, 3.05) is 0 Å². The van der Waals surface area contributed by atoms with Gasteiger partial charge in [0.05, 0.1) is 25.3 Å². The highest BCUT2D eigenvalue weighted by Crippen LogP contribution is 2.38. The number of aryl methyl sites for hydroxylation is 1. The molecule has 0 spiro atoms. The molecule has 0 unspecified atom stereocenters. The van der Waals surface area contributed by atoms with Gasteiger partial charge in [0, 0.05) is 10.6 Å². The van der Waals surface area contributed by atoms with Crippen LogP contribution in [0.3, 0.4) is 0 Å². The molecule has 96 valence electrons. The molecular formula is C14H8Cl3NS. The summed E-state index contributed by atoms with van der Waals surface area (Å²) < 4.78 is 1.16. The lowest BCUT2D eigenvalue weighted by Gasteiger charge is -2.08. The van der Waals surface area contributed by atoms with Gasteiger partial charge in [-0.05, 0) is 36.8 Å². The van der Waals surface area contributed by atoms with Gasteiger partial charge in [-0.2, -0.15) is 0 Å². The van der Waals surface area contributed by atoms with Gasteiger partial charge in [-0.25, -0.2) is 4.98 Å². The fraction of sp³-hybridized carbons (Fsp3) is 0.0714. The van der Waals surface area contributed by atoms with Crippen LogP contribution in [0.15, 0.2) is 30.3 Å². The Kier molecular flexibility index (Phi) is 3.44. The number of nitrogens with zero attached hydrogens (tertiary/aromatic N) is 1. The van der Waals surface area contributed by atoms with Crippen molar-refractivity contribution in [1.82, 2.24) is 4.98 Å². The lowest BCUT2D eigenvalue weighted by Crippen LogP contribution is -1.83. The second kappa shape index (κ2) is 4.95. The molecule has 5 heteroatoms. The van der Waals surface area contributed by atoms with E-state index < -0.39 is 0 Å². The molecule has 1 nitrogen and oxygen atoms in total. The van der Waals surface area contributed by atoms with E-state index in [1.165, 1.54) is 0 Å². The predicted molar refractivity (Wildman–Crippen MR) is 84.8 cm³/mol. The van der Waals surface area contributed by atoms with Crippen LogP contribution >= 0.6 is 46.1 Å². The predicted octanol–water partition coefficient (Wildman–Crippen LogP) is 6.23. The summed E-state index contributed by atoms with van der Waals surface area (Å²) in [5.74, 6) is 0. The molecule has 0 amide bonds. The zero-order valence-corrected chi connectivity index (χ0v) is 13.0. The maximum atomic E-state index is 6.24.